The van der Waals surface area contributed by atoms with Gasteiger partial charge in [0.25, 0.3) is 0 Å². The highest BCUT2D eigenvalue weighted by Crippen LogP contribution is 2.29. The number of hydrogen-bond donors (Lipinski definition) is 0. The van der Waals surface area contributed by atoms with Crippen LogP contribution in [0.2, 0.25) is 0 Å². The fourth-order valence-electron chi connectivity index (χ4n) is 2.78. The molecule has 0 fully saturated rings. The third-order valence-electron chi connectivity index (χ3n) is 3.98. The van der Waals surface area contributed by atoms with Gasteiger partial charge < -0.3 is 14.4 Å². The molecule has 0 saturated carbocycles. The van der Waals surface area contributed by atoms with E-state index >= 15 is 0 Å². The van der Waals surface area contributed by atoms with E-state index in [0.717, 1.165) is 31.0 Å². The first-order valence-electron chi connectivity index (χ1n) is 7.33. The number of halogens is 1. The molecule has 0 spiro atoms. The van der Waals surface area contributed by atoms with Crippen LogP contribution in [0, 0.1) is 0 Å². The quantitative estimate of drug-likeness (QED) is 0.825. The average Bonchev–Trinajstić information content (AvgIpc) is 2.68. The Morgan fingerprint density at radius 3 is 2.41 bits per heavy atom. The summed E-state index contributed by atoms with van der Waals surface area (Å²) in [5, 5.41) is 0. The van der Waals surface area contributed by atoms with Crippen molar-refractivity contribution in [2.24, 2.45) is 0 Å². The van der Waals surface area contributed by atoms with Gasteiger partial charge in [-0.1, -0.05) is 24.3 Å². The molecule has 1 aliphatic heterocycles. The van der Waals surface area contributed by atoms with E-state index in [0.29, 0.717) is 0 Å². The van der Waals surface area contributed by atoms with Crippen molar-refractivity contribution >= 4 is 17.0 Å². The van der Waals surface area contributed by atoms with Gasteiger partial charge in [-0.2, -0.15) is 0 Å². The van der Waals surface area contributed by atoms with E-state index in [1.54, 1.807) is 7.11 Å². The summed E-state index contributed by atoms with van der Waals surface area (Å²) in [5.41, 5.74) is 2.69. The number of fused-ring (bicyclic) bond motifs is 1. The molecular weight excluding hydrogens is 342 g/mol. The summed E-state index contributed by atoms with van der Waals surface area (Å²) in [6.45, 7) is 1.97. The van der Waals surface area contributed by atoms with Gasteiger partial charge in [-0.05, 0) is 48.9 Å². The Kier molecular flexibility index (Phi) is 5.86. The average molecular weight is 364 g/mol. The zero-order valence-electron chi connectivity index (χ0n) is 13.0. The Bertz CT molecular complexity index is 600. The lowest BCUT2D eigenvalue weighted by Gasteiger charge is -2.23. The molecule has 1 unspecified atom stereocenters. The molecule has 1 heterocycles. The molecule has 0 amide bonds. The summed E-state index contributed by atoms with van der Waals surface area (Å²) in [7, 11) is 3.82. The third-order valence-corrected chi connectivity index (χ3v) is 3.98. The van der Waals surface area contributed by atoms with Crippen LogP contribution in [-0.4, -0.2) is 32.1 Å². The van der Waals surface area contributed by atoms with Gasteiger partial charge in [0, 0.05) is 13.1 Å². The number of methoxy groups -OCH3 is 1. The molecule has 0 N–H and O–H groups in total. The standard InChI is InChI=1S/C18H21NO2.BrH/c1-19-12-11-14-5-3-4-6-17(14)18(13-19)21-16-9-7-15(20-2)8-10-16;/h3-10,18H,11-13H2,1-2H3;1H. The summed E-state index contributed by atoms with van der Waals surface area (Å²) in [6, 6.07) is 16.4. The summed E-state index contributed by atoms with van der Waals surface area (Å²) in [6.07, 6.45) is 1.15. The number of nitrogens with zero attached hydrogens (tertiary/aromatic N) is 1. The van der Waals surface area contributed by atoms with Crippen LogP contribution in [0.15, 0.2) is 48.5 Å². The highest BCUT2D eigenvalue weighted by Gasteiger charge is 2.22. The van der Waals surface area contributed by atoms with Gasteiger partial charge in [-0.15, -0.1) is 17.0 Å². The van der Waals surface area contributed by atoms with Crippen molar-refractivity contribution < 1.29 is 9.47 Å². The van der Waals surface area contributed by atoms with Crippen molar-refractivity contribution in [1.29, 1.82) is 0 Å². The minimum Gasteiger partial charge on any atom is -0.497 e. The lowest BCUT2D eigenvalue weighted by molar-refractivity contribution is 0.156. The number of likely N-dealkylation sites (N-methyl/N-ethyl adjacent to an activating group) is 1. The molecule has 0 aliphatic carbocycles. The molecule has 0 bridgehead atoms. The van der Waals surface area contributed by atoms with Gasteiger partial charge in [-0.3, -0.25) is 0 Å². The molecule has 0 radical (unpaired) electrons. The van der Waals surface area contributed by atoms with Crippen LogP contribution in [0.3, 0.4) is 0 Å². The maximum absolute atomic E-state index is 6.23. The summed E-state index contributed by atoms with van der Waals surface area (Å²) in [4.78, 5) is 2.33. The molecular formula is C18H22BrNO2. The Hall–Kier alpha value is -1.52. The van der Waals surface area contributed by atoms with Crippen molar-refractivity contribution in [3.8, 4) is 11.5 Å². The topological polar surface area (TPSA) is 21.7 Å². The Morgan fingerprint density at radius 1 is 1.00 bits per heavy atom. The van der Waals surface area contributed by atoms with Crippen LogP contribution < -0.4 is 9.47 Å². The van der Waals surface area contributed by atoms with Crippen molar-refractivity contribution in [1.82, 2.24) is 4.90 Å². The van der Waals surface area contributed by atoms with Crippen molar-refractivity contribution in [2.75, 3.05) is 27.2 Å². The molecule has 0 aromatic heterocycles. The minimum absolute atomic E-state index is 0. The van der Waals surface area contributed by atoms with Gasteiger partial charge in [-0.25, -0.2) is 0 Å². The molecule has 118 valence electrons. The lowest BCUT2D eigenvalue weighted by Crippen LogP contribution is -2.26. The summed E-state index contributed by atoms with van der Waals surface area (Å²) in [5.74, 6) is 1.73. The highest BCUT2D eigenvalue weighted by molar-refractivity contribution is 8.93. The molecule has 2 aromatic rings. The molecule has 4 heteroatoms. The van der Waals surface area contributed by atoms with Gasteiger partial charge >= 0.3 is 0 Å². The van der Waals surface area contributed by atoms with Gasteiger partial charge in [0.1, 0.15) is 17.6 Å². The molecule has 22 heavy (non-hydrogen) atoms. The number of rotatable bonds is 3. The number of benzene rings is 2. The third kappa shape index (κ3) is 3.81. The molecule has 3 nitrogen and oxygen atoms in total. The second-order valence-electron chi connectivity index (χ2n) is 5.49. The van der Waals surface area contributed by atoms with E-state index in [9.17, 15) is 0 Å². The first-order valence-corrected chi connectivity index (χ1v) is 7.33. The molecule has 3 rings (SSSR count). The second kappa shape index (κ2) is 7.65. The lowest BCUT2D eigenvalue weighted by atomic mass is 10.0. The van der Waals surface area contributed by atoms with E-state index in [2.05, 4.69) is 36.2 Å². The monoisotopic (exact) mass is 363 g/mol. The van der Waals surface area contributed by atoms with Crippen LogP contribution in [0.5, 0.6) is 11.5 Å². The Balaban J connectivity index is 0.00000176. The van der Waals surface area contributed by atoms with Gasteiger partial charge in [0.2, 0.25) is 0 Å². The SMILES string of the molecule is Br.COc1ccc(OC2CN(C)CCc3ccccc32)cc1. The molecule has 0 saturated heterocycles. The van der Waals surface area contributed by atoms with Crippen LogP contribution >= 0.6 is 17.0 Å². The fraction of sp³-hybridized carbons (Fsp3) is 0.333. The largest absolute Gasteiger partial charge is 0.497 e. The Morgan fingerprint density at radius 2 is 1.68 bits per heavy atom. The molecule has 1 atom stereocenters. The highest BCUT2D eigenvalue weighted by atomic mass is 79.9. The number of ether oxygens (including phenoxy) is 2. The van der Waals surface area contributed by atoms with Crippen molar-refractivity contribution in [2.45, 2.75) is 12.5 Å². The molecule has 2 aromatic carbocycles. The Labute approximate surface area is 142 Å². The van der Waals surface area contributed by atoms with Crippen molar-refractivity contribution in [3.05, 3.63) is 59.7 Å². The van der Waals surface area contributed by atoms with Crippen LogP contribution in [0.25, 0.3) is 0 Å². The van der Waals surface area contributed by atoms with Crippen molar-refractivity contribution in [3.63, 3.8) is 0 Å². The van der Waals surface area contributed by atoms with E-state index < -0.39 is 0 Å². The minimum atomic E-state index is 0. The summed E-state index contributed by atoms with van der Waals surface area (Å²) >= 11 is 0. The maximum Gasteiger partial charge on any atom is 0.137 e. The normalized spacial score (nSPS) is 17.8. The van der Waals surface area contributed by atoms with Crippen LogP contribution in [0.1, 0.15) is 17.2 Å². The van der Waals surface area contributed by atoms with E-state index in [-0.39, 0.29) is 23.1 Å². The van der Waals surface area contributed by atoms with E-state index in [4.69, 9.17) is 9.47 Å². The summed E-state index contributed by atoms with van der Waals surface area (Å²) < 4.78 is 11.4. The maximum atomic E-state index is 6.23. The predicted octanol–water partition coefficient (Wildman–Crippen LogP) is 3.88. The first kappa shape index (κ1) is 16.8. The second-order valence-corrected chi connectivity index (χ2v) is 5.49. The van der Waals surface area contributed by atoms with Gasteiger partial charge in [0.05, 0.1) is 7.11 Å². The fourth-order valence-corrected chi connectivity index (χ4v) is 2.78. The van der Waals surface area contributed by atoms with Crippen LogP contribution in [0.4, 0.5) is 0 Å². The van der Waals surface area contributed by atoms with Crippen LogP contribution in [-0.2, 0) is 6.42 Å². The zero-order chi connectivity index (χ0) is 14.7. The number of hydrogen-bond acceptors (Lipinski definition) is 3. The van der Waals surface area contributed by atoms with E-state index in [1.807, 2.05) is 24.3 Å². The first-order chi connectivity index (χ1) is 10.3. The molecule has 1 aliphatic rings. The van der Waals surface area contributed by atoms with Gasteiger partial charge in [0.15, 0.2) is 0 Å². The van der Waals surface area contributed by atoms with E-state index in [1.165, 1.54) is 11.1 Å². The smallest absolute Gasteiger partial charge is 0.137 e. The predicted molar refractivity (Wildman–Crippen MR) is 94.3 cm³/mol. The zero-order valence-corrected chi connectivity index (χ0v) is 14.7.